The van der Waals surface area contributed by atoms with Gasteiger partial charge in [-0.3, -0.25) is 4.68 Å². The van der Waals surface area contributed by atoms with Gasteiger partial charge in [0.15, 0.2) is 0 Å². The number of rotatable bonds is 4. The molecule has 0 bridgehead atoms. The van der Waals surface area contributed by atoms with Crippen molar-refractivity contribution in [2.45, 2.75) is 32.4 Å². The average Bonchev–Trinajstić information content (AvgIpc) is 2.78. The van der Waals surface area contributed by atoms with Crippen molar-refractivity contribution < 1.29 is 0 Å². The summed E-state index contributed by atoms with van der Waals surface area (Å²) in [6.07, 6.45) is 2.83. The largest absolute Gasteiger partial charge is 0.326 e. The van der Waals surface area contributed by atoms with Crippen LogP contribution in [0.5, 0.6) is 0 Å². The number of hydrogen-bond acceptors (Lipinski definition) is 2. The minimum Gasteiger partial charge on any atom is -0.326 e. The lowest BCUT2D eigenvalue weighted by Gasteiger charge is -2.24. The van der Waals surface area contributed by atoms with Gasteiger partial charge in [0, 0.05) is 17.3 Å². The van der Waals surface area contributed by atoms with Crippen LogP contribution in [-0.4, -0.2) is 15.8 Å². The van der Waals surface area contributed by atoms with Crippen LogP contribution in [0.25, 0.3) is 0 Å². The van der Waals surface area contributed by atoms with Gasteiger partial charge in [0.1, 0.15) is 0 Å². The van der Waals surface area contributed by atoms with E-state index in [-0.39, 0.29) is 12.1 Å². The molecule has 1 aromatic heterocycles. The van der Waals surface area contributed by atoms with E-state index in [1.54, 1.807) is 0 Å². The van der Waals surface area contributed by atoms with Crippen molar-refractivity contribution >= 4 is 11.6 Å². The van der Waals surface area contributed by atoms with Gasteiger partial charge in [0.05, 0.1) is 11.7 Å². The highest BCUT2D eigenvalue weighted by atomic mass is 35.5. The third kappa shape index (κ3) is 2.57. The van der Waals surface area contributed by atoms with Crippen LogP contribution in [0.1, 0.15) is 30.6 Å². The number of halogens is 1. The fourth-order valence-corrected chi connectivity index (χ4v) is 2.34. The molecule has 2 rings (SSSR count). The Morgan fingerprint density at radius 2 is 2.06 bits per heavy atom. The number of nitrogens with two attached hydrogens (primary N) is 1. The molecule has 0 aliphatic rings. The van der Waals surface area contributed by atoms with E-state index < -0.39 is 0 Å². The molecule has 3 nitrogen and oxygen atoms in total. The Bertz CT molecular complexity index is 521. The maximum absolute atomic E-state index is 6.28. The molecule has 0 fully saturated rings. The van der Waals surface area contributed by atoms with E-state index in [4.69, 9.17) is 17.3 Å². The molecule has 0 spiro atoms. The third-order valence-corrected chi connectivity index (χ3v) is 3.47. The summed E-state index contributed by atoms with van der Waals surface area (Å²) in [5, 5.41) is 5.21. The summed E-state index contributed by atoms with van der Waals surface area (Å²) in [5.74, 6) is 0. The standard InChI is InChI=1S/C14H18ClN3/c1-3-13(16)14(18-9-8-10(2)17-18)11-6-4-5-7-12(11)15/h4-9,13-14H,3,16H2,1-2H3. The summed E-state index contributed by atoms with van der Waals surface area (Å²) >= 11 is 6.28. The molecule has 0 saturated heterocycles. The minimum absolute atomic E-state index is 0.0100. The van der Waals surface area contributed by atoms with Crippen LogP contribution in [0.4, 0.5) is 0 Å². The molecular weight excluding hydrogens is 246 g/mol. The van der Waals surface area contributed by atoms with E-state index in [2.05, 4.69) is 12.0 Å². The number of benzene rings is 1. The molecule has 96 valence electrons. The van der Waals surface area contributed by atoms with Crippen LogP contribution in [-0.2, 0) is 0 Å². The maximum atomic E-state index is 6.28. The Labute approximate surface area is 113 Å². The molecule has 0 saturated carbocycles. The van der Waals surface area contributed by atoms with Crippen LogP contribution in [0.3, 0.4) is 0 Å². The van der Waals surface area contributed by atoms with E-state index in [1.807, 2.05) is 48.1 Å². The zero-order chi connectivity index (χ0) is 13.1. The van der Waals surface area contributed by atoms with Crippen molar-refractivity contribution in [3.63, 3.8) is 0 Å². The van der Waals surface area contributed by atoms with E-state index >= 15 is 0 Å². The Hall–Kier alpha value is -1.32. The van der Waals surface area contributed by atoms with Crippen LogP contribution < -0.4 is 5.73 Å². The monoisotopic (exact) mass is 263 g/mol. The van der Waals surface area contributed by atoms with Gasteiger partial charge >= 0.3 is 0 Å². The molecule has 2 atom stereocenters. The molecule has 4 heteroatoms. The van der Waals surface area contributed by atoms with E-state index in [1.165, 1.54) is 0 Å². The Balaban J connectivity index is 2.47. The van der Waals surface area contributed by atoms with Crippen molar-refractivity contribution in [1.82, 2.24) is 9.78 Å². The summed E-state index contributed by atoms with van der Waals surface area (Å²) in [6, 6.07) is 9.76. The first-order valence-corrected chi connectivity index (χ1v) is 6.53. The molecule has 1 aromatic carbocycles. The number of aromatic nitrogens is 2. The van der Waals surface area contributed by atoms with Gasteiger partial charge in [-0.05, 0) is 31.0 Å². The number of hydrogen-bond donors (Lipinski definition) is 1. The molecule has 1 heterocycles. The zero-order valence-electron chi connectivity index (χ0n) is 10.7. The van der Waals surface area contributed by atoms with Crippen molar-refractivity contribution in [2.75, 3.05) is 0 Å². The first-order valence-electron chi connectivity index (χ1n) is 6.15. The Kier molecular flexibility index (Phi) is 4.04. The van der Waals surface area contributed by atoms with Crippen molar-refractivity contribution in [1.29, 1.82) is 0 Å². The Morgan fingerprint density at radius 3 is 2.61 bits per heavy atom. The van der Waals surface area contributed by atoms with Gasteiger partial charge in [-0.2, -0.15) is 5.10 Å². The zero-order valence-corrected chi connectivity index (χ0v) is 11.4. The highest BCUT2D eigenvalue weighted by Gasteiger charge is 2.23. The lowest BCUT2D eigenvalue weighted by Crippen LogP contribution is -2.33. The minimum atomic E-state index is -0.0163. The van der Waals surface area contributed by atoms with E-state index in [0.29, 0.717) is 0 Å². The van der Waals surface area contributed by atoms with Crippen LogP contribution in [0.2, 0.25) is 5.02 Å². The second-order valence-electron chi connectivity index (χ2n) is 4.48. The number of aryl methyl sites for hydroxylation is 1. The lowest BCUT2D eigenvalue weighted by molar-refractivity contribution is 0.422. The first-order chi connectivity index (χ1) is 8.63. The lowest BCUT2D eigenvalue weighted by atomic mass is 9.98. The summed E-state index contributed by atoms with van der Waals surface area (Å²) in [5.41, 5.74) is 8.25. The molecule has 2 aromatic rings. The third-order valence-electron chi connectivity index (χ3n) is 3.13. The van der Waals surface area contributed by atoms with E-state index in [0.717, 1.165) is 22.7 Å². The highest BCUT2D eigenvalue weighted by Crippen LogP contribution is 2.28. The van der Waals surface area contributed by atoms with Crippen molar-refractivity contribution in [3.8, 4) is 0 Å². The van der Waals surface area contributed by atoms with Gasteiger partial charge in [0.25, 0.3) is 0 Å². The van der Waals surface area contributed by atoms with Crippen molar-refractivity contribution in [2.24, 2.45) is 5.73 Å². The fraction of sp³-hybridized carbons (Fsp3) is 0.357. The molecule has 18 heavy (non-hydrogen) atoms. The molecule has 0 radical (unpaired) electrons. The SMILES string of the molecule is CCC(N)C(c1ccccc1Cl)n1ccc(C)n1. The normalized spacial score (nSPS) is 14.4. The molecule has 0 aliphatic carbocycles. The summed E-state index contributed by atoms with van der Waals surface area (Å²) in [6.45, 7) is 4.04. The smallest absolute Gasteiger partial charge is 0.0933 e. The topological polar surface area (TPSA) is 43.8 Å². The highest BCUT2D eigenvalue weighted by molar-refractivity contribution is 6.31. The van der Waals surface area contributed by atoms with Crippen LogP contribution in [0.15, 0.2) is 36.5 Å². The fourth-order valence-electron chi connectivity index (χ4n) is 2.10. The number of nitrogens with zero attached hydrogens (tertiary/aromatic N) is 2. The summed E-state index contributed by atoms with van der Waals surface area (Å²) < 4.78 is 1.91. The van der Waals surface area contributed by atoms with Gasteiger partial charge in [-0.1, -0.05) is 36.7 Å². The van der Waals surface area contributed by atoms with Crippen LogP contribution >= 0.6 is 11.6 Å². The van der Waals surface area contributed by atoms with E-state index in [9.17, 15) is 0 Å². The van der Waals surface area contributed by atoms with Gasteiger partial charge in [-0.15, -0.1) is 0 Å². The molecule has 2 N–H and O–H groups in total. The predicted octanol–water partition coefficient (Wildman–Crippen LogP) is 3.17. The molecular formula is C14H18ClN3. The van der Waals surface area contributed by atoms with Gasteiger partial charge in [-0.25, -0.2) is 0 Å². The second kappa shape index (κ2) is 5.55. The Morgan fingerprint density at radius 1 is 1.33 bits per heavy atom. The predicted molar refractivity (Wildman–Crippen MR) is 74.8 cm³/mol. The first kappa shape index (κ1) is 13.1. The summed E-state index contributed by atoms with van der Waals surface area (Å²) in [7, 11) is 0. The average molecular weight is 264 g/mol. The summed E-state index contributed by atoms with van der Waals surface area (Å²) in [4.78, 5) is 0. The van der Waals surface area contributed by atoms with Gasteiger partial charge < -0.3 is 5.73 Å². The molecule has 0 amide bonds. The second-order valence-corrected chi connectivity index (χ2v) is 4.88. The maximum Gasteiger partial charge on any atom is 0.0933 e. The quantitative estimate of drug-likeness (QED) is 0.921. The van der Waals surface area contributed by atoms with Crippen molar-refractivity contribution in [3.05, 3.63) is 52.8 Å². The molecule has 2 unspecified atom stereocenters. The molecule has 0 aliphatic heterocycles. The van der Waals surface area contributed by atoms with Crippen LogP contribution in [0, 0.1) is 6.92 Å². The van der Waals surface area contributed by atoms with Gasteiger partial charge in [0.2, 0.25) is 0 Å².